The summed E-state index contributed by atoms with van der Waals surface area (Å²) >= 11 is 13.7. The van der Waals surface area contributed by atoms with Crippen molar-refractivity contribution in [2.75, 3.05) is 0 Å². The Kier molecular flexibility index (Phi) is 3.74. The highest BCUT2D eigenvalue weighted by molar-refractivity contribution is 7.19. The Morgan fingerprint density at radius 1 is 1.05 bits per heavy atom. The topological polar surface area (TPSA) is 25.8 Å². The van der Waals surface area contributed by atoms with Gasteiger partial charge < -0.3 is 0 Å². The lowest BCUT2D eigenvalue weighted by molar-refractivity contribution is 1.27. The van der Waals surface area contributed by atoms with E-state index in [0.717, 1.165) is 27.4 Å². The molecule has 1 aromatic carbocycles. The van der Waals surface area contributed by atoms with Crippen LogP contribution in [0.15, 0.2) is 42.7 Å². The predicted octanol–water partition coefficient (Wildman–Crippen LogP) is 5.49. The lowest BCUT2D eigenvalue weighted by Crippen LogP contribution is -1.84. The van der Waals surface area contributed by atoms with Crippen molar-refractivity contribution in [3.8, 4) is 21.8 Å². The van der Waals surface area contributed by atoms with Gasteiger partial charge in [-0.2, -0.15) is 0 Å². The third-order valence-electron chi connectivity index (χ3n) is 2.97. The van der Waals surface area contributed by atoms with Gasteiger partial charge in [-0.1, -0.05) is 35.3 Å². The molecule has 0 spiro atoms. The van der Waals surface area contributed by atoms with Crippen LogP contribution in [0.5, 0.6) is 0 Å². The Morgan fingerprint density at radius 3 is 2.50 bits per heavy atom. The van der Waals surface area contributed by atoms with Crippen molar-refractivity contribution in [3.05, 3.63) is 57.6 Å². The molecule has 3 rings (SSSR count). The van der Waals surface area contributed by atoms with Crippen LogP contribution in [0, 0.1) is 6.92 Å². The second-order valence-electron chi connectivity index (χ2n) is 4.34. The lowest BCUT2D eigenvalue weighted by atomic mass is 10.1. The molecule has 2 nitrogen and oxygen atoms in total. The van der Waals surface area contributed by atoms with E-state index in [0.29, 0.717) is 9.36 Å². The van der Waals surface area contributed by atoms with Crippen LogP contribution in [-0.2, 0) is 0 Å². The molecule has 0 aliphatic rings. The Hall–Kier alpha value is -1.42. The number of benzene rings is 1. The Bertz CT molecular complexity index is 751. The number of aromatic nitrogens is 2. The number of pyridine rings is 1. The van der Waals surface area contributed by atoms with Gasteiger partial charge in [-0.3, -0.25) is 4.98 Å². The molecule has 0 amide bonds. The maximum atomic E-state index is 6.32. The van der Waals surface area contributed by atoms with Crippen molar-refractivity contribution < 1.29 is 0 Å². The fraction of sp³-hybridized carbons (Fsp3) is 0.0667. The Balaban J connectivity index is 2.08. The van der Waals surface area contributed by atoms with Crippen LogP contribution in [-0.4, -0.2) is 9.97 Å². The second kappa shape index (κ2) is 5.52. The summed E-state index contributed by atoms with van der Waals surface area (Å²) in [4.78, 5) is 8.80. The second-order valence-corrected chi connectivity index (χ2v) is 6.38. The summed E-state index contributed by atoms with van der Waals surface area (Å²) in [7, 11) is 0. The highest BCUT2D eigenvalue weighted by atomic mass is 35.5. The van der Waals surface area contributed by atoms with E-state index in [2.05, 4.69) is 9.97 Å². The van der Waals surface area contributed by atoms with Gasteiger partial charge in [-0.15, -0.1) is 11.3 Å². The molecule has 0 N–H and O–H groups in total. The van der Waals surface area contributed by atoms with Crippen LogP contribution < -0.4 is 0 Å². The van der Waals surface area contributed by atoms with E-state index in [9.17, 15) is 0 Å². The van der Waals surface area contributed by atoms with Gasteiger partial charge in [-0.05, 0) is 30.7 Å². The van der Waals surface area contributed by atoms with E-state index >= 15 is 0 Å². The molecule has 3 aromatic rings. The first kappa shape index (κ1) is 13.6. The predicted molar refractivity (Wildman–Crippen MR) is 85.5 cm³/mol. The quantitative estimate of drug-likeness (QED) is 0.624. The molecule has 5 heteroatoms. The summed E-state index contributed by atoms with van der Waals surface area (Å²) in [5, 5.41) is 1.58. The molecular formula is C15H10Cl2N2S. The molecule has 0 unspecified atom stereocenters. The van der Waals surface area contributed by atoms with E-state index in [1.165, 1.54) is 11.3 Å². The monoisotopic (exact) mass is 320 g/mol. The smallest absolute Gasteiger partial charge is 0.127 e. The summed E-state index contributed by atoms with van der Waals surface area (Å²) in [5.74, 6) is 0. The molecular weight excluding hydrogens is 311 g/mol. The zero-order chi connectivity index (χ0) is 14.1. The minimum Gasteiger partial charge on any atom is -0.264 e. The first-order valence-corrected chi connectivity index (χ1v) is 7.55. The van der Waals surface area contributed by atoms with Gasteiger partial charge in [0.05, 0.1) is 0 Å². The fourth-order valence-electron chi connectivity index (χ4n) is 1.89. The molecule has 0 fully saturated rings. The third kappa shape index (κ3) is 2.57. The van der Waals surface area contributed by atoms with Crippen LogP contribution in [0.3, 0.4) is 0 Å². The van der Waals surface area contributed by atoms with Crippen molar-refractivity contribution >= 4 is 34.5 Å². The fourth-order valence-corrected chi connectivity index (χ4v) is 3.28. The van der Waals surface area contributed by atoms with Gasteiger partial charge in [0, 0.05) is 28.5 Å². The van der Waals surface area contributed by atoms with Crippen molar-refractivity contribution in [1.82, 2.24) is 9.97 Å². The van der Waals surface area contributed by atoms with Gasteiger partial charge in [0.15, 0.2) is 0 Å². The van der Waals surface area contributed by atoms with Gasteiger partial charge >= 0.3 is 0 Å². The van der Waals surface area contributed by atoms with E-state index in [-0.39, 0.29) is 0 Å². The number of rotatable bonds is 2. The molecule has 2 heterocycles. The normalized spacial score (nSPS) is 10.8. The molecule has 2 aromatic heterocycles. The minimum absolute atomic E-state index is 0.672. The third-order valence-corrected chi connectivity index (χ3v) is 4.51. The SMILES string of the molecule is Cc1ccncc1-c1nc(-c2ccc(Cl)cc2)c(Cl)s1. The molecule has 100 valence electrons. The maximum Gasteiger partial charge on any atom is 0.127 e. The Morgan fingerprint density at radius 2 is 1.80 bits per heavy atom. The number of halogens is 2. The highest BCUT2D eigenvalue weighted by Crippen LogP contribution is 2.38. The zero-order valence-corrected chi connectivity index (χ0v) is 12.9. The summed E-state index contributed by atoms with van der Waals surface area (Å²) < 4.78 is 0.672. The Labute approximate surface area is 131 Å². The van der Waals surface area contributed by atoms with Crippen LogP contribution in [0.25, 0.3) is 21.8 Å². The first-order chi connectivity index (χ1) is 9.65. The van der Waals surface area contributed by atoms with E-state index in [1.807, 2.05) is 43.5 Å². The molecule has 0 atom stereocenters. The van der Waals surface area contributed by atoms with Gasteiger partial charge in [0.2, 0.25) is 0 Å². The van der Waals surface area contributed by atoms with Crippen molar-refractivity contribution in [2.45, 2.75) is 6.92 Å². The molecule has 0 aliphatic carbocycles. The molecule has 0 aliphatic heterocycles. The van der Waals surface area contributed by atoms with Crippen LogP contribution in [0.2, 0.25) is 9.36 Å². The van der Waals surface area contributed by atoms with Crippen molar-refractivity contribution in [2.24, 2.45) is 0 Å². The lowest BCUT2D eigenvalue weighted by Gasteiger charge is -2.00. The summed E-state index contributed by atoms with van der Waals surface area (Å²) in [6.07, 6.45) is 3.59. The van der Waals surface area contributed by atoms with E-state index < -0.39 is 0 Å². The van der Waals surface area contributed by atoms with Crippen LogP contribution in [0.1, 0.15) is 5.56 Å². The number of hydrogen-bond donors (Lipinski definition) is 0. The minimum atomic E-state index is 0.672. The van der Waals surface area contributed by atoms with Crippen LogP contribution >= 0.6 is 34.5 Å². The van der Waals surface area contributed by atoms with Gasteiger partial charge in [0.1, 0.15) is 15.0 Å². The number of nitrogens with zero attached hydrogens (tertiary/aromatic N) is 2. The number of thiazole rings is 1. The standard InChI is InChI=1S/C15H10Cl2N2S/c1-9-6-7-18-8-12(9)15-19-13(14(17)20-15)10-2-4-11(16)5-3-10/h2-8H,1H3. The molecule has 20 heavy (non-hydrogen) atoms. The highest BCUT2D eigenvalue weighted by Gasteiger charge is 2.14. The van der Waals surface area contributed by atoms with E-state index in [1.54, 1.807) is 6.20 Å². The van der Waals surface area contributed by atoms with Gasteiger partial charge in [-0.25, -0.2) is 4.98 Å². The maximum absolute atomic E-state index is 6.32. The first-order valence-electron chi connectivity index (χ1n) is 5.98. The van der Waals surface area contributed by atoms with Crippen molar-refractivity contribution in [1.29, 1.82) is 0 Å². The summed E-state index contributed by atoms with van der Waals surface area (Å²) in [5.41, 5.74) is 3.89. The number of hydrogen-bond acceptors (Lipinski definition) is 3. The van der Waals surface area contributed by atoms with Crippen LogP contribution in [0.4, 0.5) is 0 Å². The van der Waals surface area contributed by atoms with Gasteiger partial charge in [0.25, 0.3) is 0 Å². The summed E-state index contributed by atoms with van der Waals surface area (Å²) in [6.45, 7) is 2.04. The zero-order valence-electron chi connectivity index (χ0n) is 10.6. The van der Waals surface area contributed by atoms with Crippen molar-refractivity contribution in [3.63, 3.8) is 0 Å². The summed E-state index contributed by atoms with van der Waals surface area (Å²) in [6, 6.07) is 9.47. The average Bonchev–Trinajstić information content (AvgIpc) is 2.82. The molecule has 0 saturated heterocycles. The largest absolute Gasteiger partial charge is 0.264 e. The molecule has 0 bridgehead atoms. The van der Waals surface area contributed by atoms with E-state index in [4.69, 9.17) is 23.2 Å². The average molecular weight is 321 g/mol. The molecule has 0 radical (unpaired) electrons. The number of aryl methyl sites for hydroxylation is 1. The molecule has 0 saturated carbocycles.